The number of hydrogen-bond donors (Lipinski definition) is 2. The Labute approximate surface area is 128 Å². The molecule has 0 saturated heterocycles. The summed E-state index contributed by atoms with van der Waals surface area (Å²) in [5.74, 6) is -0.363. The Hall–Kier alpha value is -2.31. The zero-order valence-corrected chi connectivity index (χ0v) is 12.3. The topological polar surface area (TPSA) is 108 Å². The molecule has 0 atom stereocenters. The van der Waals surface area contributed by atoms with Crippen LogP contribution in [0.4, 0.5) is 0 Å². The number of amides is 1. The molecule has 0 aliphatic carbocycles. The molecule has 0 aromatic heterocycles. The number of carbonyl (C=O) groups excluding carboxylic acids is 1. The summed E-state index contributed by atoms with van der Waals surface area (Å²) >= 11 is 0. The number of guanidine groups is 1. The normalized spacial score (nSPS) is 10.2. The van der Waals surface area contributed by atoms with E-state index in [0.29, 0.717) is 12.2 Å². The molecule has 0 spiro atoms. The van der Waals surface area contributed by atoms with E-state index >= 15 is 0 Å². The van der Waals surface area contributed by atoms with E-state index in [4.69, 9.17) is 10.6 Å². The Bertz CT molecular complexity index is 626. The number of fused-ring (bicyclic) bond motifs is 1. The first-order valence-corrected chi connectivity index (χ1v) is 5.97. The molecular weight excluding hydrogens is 294 g/mol. The second-order valence-electron chi connectivity index (χ2n) is 3.88. The second kappa shape index (κ2) is 8.78. The van der Waals surface area contributed by atoms with Gasteiger partial charge in [0.15, 0.2) is 0 Å². The van der Waals surface area contributed by atoms with Gasteiger partial charge in [-0.15, -0.1) is 12.4 Å². The third-order valence-electron chi connectivity index (χ3n) is 2.57. The van der Waals surface area contributed by atoms with Gasteiger partial charge in [0, 0.05) is 5.56 Å². The summed E-state index contributed by atoms with van der Waals surface area (Å²) in [5, 5.41) is 7.90. The lowest BCUT2D eigenvalue weighted by Gasteiger charge is -2.07. The predicted octanol–water partition coefficient (Wildman–Crippen LogP) is 1.43. The Balaban J connectivity index is 0.00000200. The molecule has 0 fully saturated rings. The number of nitrogens with two attached hydrogens (primary N) is 1. The van der Waals surface area contributed by atoms with E-state index in [1.165, 1.54) is 0 Å². The fraction of sp³-hybridized carbons (Fsp3) is 0.143. The summed E-state index contributed by atoms with van der Waals surface area (Å²) < 4.78 is 0. The fourth-order valence-electron chi connectivity index (χ4n) is 1.76. The standard InChI is InChI=1S/C14H15N3O2.ClH.H2O/c1-2-19-17-14(15)16-13(18)12-9-5-7-10-6-3-4-8-11(10)12;;/h3-9H,2H2,1H3,(H3,15,16,17,18);1H;1H2. The lowest BCUT2D eigenvalue weighted by molar-refractivity contribution is 0.0973. The number of hydrogen-bond acceptors (Lipinski definition) is 3. The van der Waals surface area contributed by atoms with Crippen molar-refractivity contribution in [3.63, 3.8) is 0 Å². The summed E-state index contributed by atoms with van der Waals surface area (Å²) in [6, 6.07) is 13.2. The maximum Gasteiger partial charge on any atom is 0.258 e. The van der Waals surface area contributed by atoms with Gasteiger partial charge < -0.3 is 16.0 Å². The van der Waals surface area contributed by atoms with Crippen molar-refractivity contribution in [3.8, 4) is 0 Å². The van der Waals surface area contributed by atoms with Crippen molar-refractivity contribution < 1.29 is 15.1 Å². The van der Waals surface area contributed by atoms with Crippen molar-refractivity contribution in [1.82, 2.24) is 5.32 Å². The van der Waals surface area contributed by atoms with Crippen LogP contribution in [0.25, 0.3) is 10.8 Å². The smallest absolute Gasteiger partial charge is 0.258 e. The van der Waals surface area contributed by atoms with Gasteiger partial charge in [-0.25, -0.2) is 0 Å². The van der Waals surface area contributed by atoms with E-state index in [2.05, 4.69) is 10.5 Å². The molecule has 0 aliphatic heterocycles. The lowest BCUT2D eigenvalue weighted by Crippen LogP contribution is -2.37. The van der Waals surface area contributed by atoms with Crippen LogP contribution in [0, 0.1) is 0 Å². The van der Waals surface area contributed by atoms with Crippen molar-refractivity contribution in [2.75, 3.05) is 6.61 Å². The van der Waals surface area contributed by atoms with E-state index < -0.39 is 0 Å². The molecule has 6 nitrogen and oxygen atoms in total. The SMILES string of the molecule is CCON=C(N)NC(=O)c1cccc2ccccc12.Cl.O. The number of benzene rings is 2. The lowest BCUT2D eigenvalue weighted by atomic mass is 10.0. The Morgan fingerprint density at radius 2 is 1.90 bits per heavy atom. The van der Waals surface area contributed by atoms with E-state index in [9.17, 15) is 4.79 Å². The van der Waals surface area contributed by atoms with Crippen LogP contribution in [0.1, 0.15) is 17.3 Å². The first-order valence-electron chi connectivity index (χ1n) is 5.97. The number of oxime groups is 1. The highest BCUT2D eigenvalue weighted by atomic mass is 35.5. The molecule has 2 aromatic carbocycles. The van der Waals surface area contributed by atoms with Crippen LogP contribution in [0.15, 0.2) is 47.6 Å². The molecule has 21 heavy (non-hydrogen) atoms. The number of rotatable bonds is 3. The van der Waals surface area contributed by atoms with Crippen LogP contribution in [0.2, 0.25) is 0 Å². The van der Waals surface area contributed by atoms with Crippen LogP contribution < -0.4 is 11.1 Å². The third kappa shape index (κ3) is 4.62. The minimum absolute atomic E-state index is 0. The van der Waals surface area contributed by atoms with Crippen molar-refractivity contribution in [2.45, 2.75) is 6.92 Å². The third-order valence-corrected chi connectivity index (χ3v) is 2.57. The van der Waals surface area contributed by atoms with Gasteiger partial charge in [0.25, 0.3) is 5.91 Å². The van der Waals surface area contributed by atoms with Crippen LogP contribution in [-0.2, 0) is 4.84 Å². The number of nitrogens with one attached hydrogen (secondary N) is 1. The van der Waals surface area contributed by atoms with E-state index in [1.807, 2.05) is 36.4 Å². The first-order chi connectivity index (χ1) is 9.22. The second-order valence-corrected chi connectivity index (χ2v) is 3.88. The summed E-state index contributed by atoms with van der Waals surface area (Å²) in [6.45, 7) is 2.17. The average Bonchev–Trinajstić information content (AvgIpc) is 2.44. The Morgan fingerprint density at radius 1 is 1.24 bits per heavy atom. The fourth-order valence-corrected chi connectivity index (χ4v) is 1.76. The highest BCUT2D eigenvalue weighted by molar-refractivity contribution is 6.12. The quantitative estimate of drug-likeness (QED) is 0.508. The zero-order valence-electron chi connectivity index (χ0n) is 11.5. The number of carbonyl (C=O) groups is 1. The Morgan fingerprint density at radius 3 is 2.62 bits per heavy atom. The van der Waals surface area contributed by atoms with Gasteiger partial charge >= 0.3 is 0 Å². The summed E-state index contributed by atoms with van der Waals surface area (Å²) in [5.41, 5.74) is 6.08. The van der Waals surface area contributed by atoms with Gasteiger partial charge in [-0.1, -0.05) is 36.4 Å². The monoisotopic (exact) mass is 311 g/mol. The number of halogens is 1. The minimum Gasteiger partial charge on any atom is -0.412 e. The summed E-state index contributed by atoms with van der Waals surface area (Å²) in [6.07, 6.45) is 0. The van der Waals surface area contributed by atoms with Crippen molar-refractivity contribution >= 4 is 35.0 Å². The highest BCUT2D eigenvalue weighted by Crippen LogP contribution is 2.18. The van der Waals surface area contributed by atoms with Gasteiger partial charge in [0.05, 0.1) is 0 Å². The maximum atomic E-state index is 12.1. The average molecular weight is 312 g/mol. The molecule has 0 unspecified atom stereocenters. The molecule has 5 N–H and O–H groups in total. The van der Waals surface area contributed by atoms with Gasteiger partial charge in [-0.2, -0.15) is 0 Å². The molecule has 0 heterocycles. The van der Waals surface area contributed by atoms with E-state index in [0.717, 1.165) is 10.8 Å². The molecular formula is C14H18ClN3O3. The predicted molar refractivity (Wildman–Crippen MR) is 85.5 cm³/mol. The van der Waals surface area contributed by atoms with Crippen molar-refractivity contribution in [1.29, 1.82) is 0 Å². The van der Waals surface area contributed by atoms with E-state index in [1.54, 1.807) is 13.0 Å². The van der Waals surface area contributed by atoms with Gasteiger partial charge in [-0.05, 0) is 28.9 Å². The maximum absolute atomic E-state index is 12.1. The molecule has 2 rings (SSSR count). The molecule has 1 amide bonds. The van der Waals surface area contributed by atoms with Crippen LogP contribution in [0.3, 0.4) is 0 Å². The molecule has 114 valence electrons. The molecule has 0 radical (unpaired) electrons. The minimum atomic E-state index is -0.308. The van der Waals surface area contributed by atoms with Crippen LogP contribution in [-0.4, -0.2) is 23.9 Å². The van der Waals surface area contributed by atoms with Crippen molar-refractivity contribution in [2.24, 2.45) is 10.9 Å². The number of nitrogens with zero attached hydrogens (tertiary/aromatic N) is 1. The van der Waals surface area contributed by atoms with Gasteiger partial charge in [0.1, 0.15) is 6.61 Å². The molecule has 0 bridgehead atoms. The van der Waals surface area contributed by atoms with Gasteiger partial charge in [0.2, 0.25) is 5.96 Å². The first kappa shape index (κ1) is 18.7. The van der Waals surface area contributed by atoms with Crippen molar-refractivity contribution in [3.05, 3.63) is 48.0 Å². The van der Waals surface area contributed by atoms with Crippen LogP contribution >= 0.6 is 12.4 Å². The largest absolute Gasteiger partial charge is 0.412 e. The molecule has 0 aliphatic rings. The zero-order chi connectivity index (χ0) is 13.7. The van der Waals surface area contributed by atoms with Crippen LogP contribution in [0.5, 0.6) is 0 Å². The van der Waals surface area contributed by atoms with E-state index in [-0.39, 0.29) is 29.7 Å². The molecule has 0 saturated carbocycles. The molecule has 7 heteroatoms. The van der Waals surface area contributed by atoms with Gasteiger partial charge in [-0.3, -0.25) is 10.1 Å². The highest BCUT2D eigenvalue weighted by Gasteiger charge is 2.10. The summed E-state index contributed by atoms with van der Waals surface area (Å²) in [7, 11) is 0. The Kier molecular flexibility index (Phi) is 7.81. The summed E-state index contributed by atoms with van der Waals surface area (Å²) in [4.78, 5) is 16.9. The molecule has 2 aromatic rings.